The summed E-state index contributed by atoms with van der Waals surface area (Å²) in [7, 11) is 0. The summed E-state index contributed by atoms with van der Waals surface area (Å²) < 4.78 is 5.86. The third-order valence-electron chi connectivity index (χ3n) is 3.80. The van der Waals surface area contributed by atoms with Gasteiger partial charge in [-0.2, -0.15) is 0 Å². The number of nitrogens with two attached hydrogens (primary N) is 1. The number of benzene rings is 1. The van der Waals surface area contributed by atoms with Gasteiger partial charge in [0.15, 0.2) is 0 Å². The smallest absolute Gasteiger partial charge is 0.0895 e. The molecule has 0 bridgehead atoms. The summed E-state index contributed by atoms with van der Waals surface area (Å²) in [5, 5.41) is 0. The van der Waals surface area contributed by atoms with Gasteiger partial charge in [-0.25, -0.2) is 0 Å². The molecule has 0 spiro atoms. The topological polar surface area (TPSA) is 38.5 Å². The molecule has 1 aliphatic rings. The number of hydrogen-bond donors (Lipinski definition) is 1. The standard InChI is InChI=1S/C15H24N2O/c1-11(2)17-8-9-18-14(10-17)15(16)13-7-5-4-6-12(13)3/h4-7,11,14-15H,8-10,16H2,1-3H3. The van der Waals surface area contributed by atoms with Crippen LogP contribution in [0.5, 0.6) is 0 Å². The Morgan fingerprint density at radius 3 is 2.72 bits per heavy atom. The fourth-order valence-electron chi connectivity index (χ4n) is 2.54. The molecule has 0 amide bonds. The van der Waals surface area contributed by atoms with Crippen molar-refractivity contribution in [1.29, 1.82) is 0 Å². The Morgan fingerprint density at radius 2 is 2.06 bits per heavy atom. The van der Waals surface area contributed by atoms with Gasteiger partial charge in [-0.1, -0.05) is 24.3 Å². The lowest BCUT2D eigenvalue weighted by atomic mass is 9.96. The van der Waals surface area contributed by atoms with Crippen molar-refractivity contribution >= 4 is 0 Å². The molecule has 0 aliphatic carbocycles. The molecular weight excluding hydrogens is 224 g/mol. The molecule has 0 aromatic heterocycles. The van der Waals surface area contributed by atoms with E-state index in [0.717, 1.165) is 19.7 Å². The van der Waals surface area contributed by atoms with Crippen LogP contribution in [0.1, 0.15) is 31.0 Å². The molecule has 1 aromatic rings. The first-order valence-electron chi connectivity index (χ1n) is 6.76. The normalized spacial score (nSPS) is 23.3. The highest BCUT2D eigenvalue weighted by molar-refractivity contribution is 5.29. The molecule has 3 heteroatoms. The van der Waals surface area contributed by atoms with Gasteiger partial charge in [-0.3, -0.25) is 4.90 Å². The van der Waals surface area contributed by atoms with E-state index in [1.807, 2.05) is 12.1 Å². The molecule has 0 radical (unpaired) electrons. The molecule has 3 nitrogen and oxygen atoms in total. The zero-order chi connectivity index (χ0) is 13.1. The fourth-order valence-corrected chi connectivity index (χ4v) is 2.54. The number of aryl methyl sites for hydroxylation is 1. The van der Waals surface area contributed by atoms with Crippen LogP contribution in [0.4, 0.5) is 0 Å². The molecule has 1 fully saturated rings. The van der Waals surface area contributed by atoms with Gasteiger partial charge in [0.05, 0.1) is 18.8 Å². The largest absolute Gasteiger partial charge is 0.374 e. The van der Waals surface area contributed by atoms with Crippen LogP contribution in [-0.4, -0.2) is 36.7 Å². The van der Waals surface area contributed by atoms with Gasteiger partial charge in [0, 0.05) is 19.1 Å². The molecule has 1 heterocycles. The lowest BCUT2D eigenvalue weighted by Crippen LogP contribution is -2.49. The molecular formula is C15H24N2O. The second-order valence-electron chi connectivity index (χ2n) is 5.38. The van der Waals surface area contributed by atoms with E-state index in [0.29, 0.717) is 6.04 Å². The van der Waals surface area contributed by atoms with Crippen molar-refractivity contribution in [3.05, 3.63) is 35.4 Å². The second kappa shape index (κ2) is 5.83. The van der Waals surface area contributed by atoms with Crippen molar-refractivity contribution in [3.8, 4) is 0 Å². The van der Waals surface area contributed by atoms with Gasteiger partial charge in [0.25, 0.3) is 0 Å². The van der Waals surface area contributed by atoms with Crippen molar-refractivity contribution in [3.63, 3.8) is 0 Å². The Morgan fingerprint density at radius 1 is 1.33 bits per heavy atom. The first-order chi connectivity index (χ1) is 8.59. The molecule has 1 saturated heterocycles. The predicted molar refractivity (Wildman–Crippen MR) is 74.6 cm³/mol. The summed E-state index contributed by atoms with van der Waals surface area (Å²) in [6, 6.07) is 8.84. The molecule has 100 valence electrons. The highest BCUT2D eigenvalue weighted by Crippen LogP contribution is 2.23. The average molecular weight is 248 g/mol. The zero-order valence-corrected chi connectivity index (χ0v) is 11.6. The van der Waals surface area contributed by atoms with Crippen LogP contribution < -0.4 is 5.73 Å². The van der Waals surface area contributed by atoms with E-state index in [9.17, 15) is 0 Å². The molecule has 18 heavy (non-hydrogen) atoms. The Hall–Kier alpha value is -0.900. The summed E-state index contributed by atoms with van der Waals surface area (Å²) in [6.07, 6.45) is 0.0993. The molecule has 1 aliphatic heterocycles. The molecule has 0 saturated carbocycles. The number of nitrogens with zero attached hydrogens (tertiary/aromatic N) is 1. The predicted octanol–water partition coefficient (Wildman–Crippen LogP) is 2.10. The zero-order valence-electron chi connectivity index (χ0n) is 11.6. The highest BCUT2D eigenvalue weighted by atomic mass is 16.5. The third-order valence-corrected chi connectivity index (χ3v) is 3.80. The molecule has 2 unspecified atom stereocenters. The molecule has 2 N–H and O–H groups in total. The van der Waals surface area contributed by atoms with Crippen LogP contribution in [0, 0.1) is 6.92 Å². The van der Waals surface area contributed by atoms with Gasteiger partial charge < -0.3 is 10.5 Å². The second-order valence-corrected chi connectivity index (χ2v) is 5.38. The third kappa shape index (κ3) is 2.91. The maximum atomic E-state index is 6.38. The van der Waals surface area contributed by atoms with E-state index in [-0.39, 0.29) is 12.1 Å². The maximum absolute atomic E-state index is 6.38. The first kappa shape index (κ1) is 13.5. The number of hydrogen-bond acceptors (Lipinski definition) is 3. The van der Waals surface area contributed by atoms with E-state index in [1.54, 1.807) is 0 Å². The minimum absolute atomic E-state index is 0.0345. The van der Waals surface area contributed by atoms with Gasteiger partial charge in [-0.05, 0) is 31.9 Å². The van der Waals surface area contributed by atoms with Crippen LogP contribution in [0.2, 0.25) is 0 Å². The quantitative estimate of drug-likeness (QED) is 0.890. The van der Waals surface area contributed by atoms with Crippen LogP contribution in [0.3, 0.4) is 0 Å². The Bertz CT molecular complexity index is 392. The van der Waals surface area contributed by atoms with Crippen molar-refractivity contribution in [2.24, 2.45) is 5.73 Å². The van der Waals surface area contributed by atoms with Crippen molar-refractivity contribution in [1.82, 2.24) is 4.90 Å². The van der Waals surface area contributed by atoms with Gasteiger partial charge in [-0.15, -0.1) is 0 Å². The SMILES string of the molecule is Cc1ccccc1C(N)C1CN(C(C)C)CCO1. The number of rotatable bonds is 3. The summed E-state index contributed by atoms with van der Waals surface area (Å²) in [4.78, 5) is 2.44. The number of morpholine rings is 1. The van der Waals surface area contributed by atoms with E-state index in [1.165, 1.54) is 11.1 Å². The van der Waals surface area contributed by atoms with Gasteiger partial charge in [0.1, 0.15) is 0 Å². The molecule has 2 atom stereocenters. The summed E-state index contributed by atoms with van der Waals surface area (Å²) in [5.41, 5.74) is 8.83. The number of ether oxygens (including phenoxy) is 1. The van der Waals surface area contributed by atoms with Crippen molar-refractivity contribution in [2.45, 2.75) is 39.0 Å². The lowest BCUT2D eigenvalue weighted by Gasteiger charge is -2.38. The Balaban J connectivity index is 2.09. The van der Waals surface area contributed by atoms with Crippen molar-refractivity contribution in [2.75, 3.05) is 19.7 Å². The van der Waals surface area contributed by atoms with E-state index >= 15 is 0 Å². The highest BCUT2D eigenvalue weighted by Gasteiger charge is 2.28. The van der Waals surface area contributed by atoms with Crippen LogP contribution in [-0.2, 0) is 4.74 Å². The summed E-state index contributed by atoms with van der Waals surface area (Å²) in [6.45, 7) is 9.27. The minimum atomic E-state index is -0.0345. The molecule has 1 aromatic carbocycles. The van der Waals surface area contributed by atoms with Crippen LogP contribution in [0.15, 0.2) is 24.3 Å². The Kier molecular flexibility index (Phi) is 4.38. The van der Waals surface area contributed by atoms with Gasteiger partial charge in [0.2, 0.25) is 0 Å². The first-order valence-corrected chi connectivity index (χ1v) is 6.76. The van der Waals surface area contributed by atoms with Crippen LogP contribution in [0.25, 0.3) is 0 Å². The van der Waals surface area contributed by atoms with Crippen LogP contribution >= 0.6 is 0 Å². The average Bonchev–Trinajstić information content (AvgIpc) is 2.38. The van der Waals surface area contributed by atoms with Gasteiger partial charge >= 0.3 is 0 Å². The monoisotopic (exact) mass is 248 g/mol. The van der Waals surface area contributed by atoms with Crippen molar-refractivity contribution < 1.29 is 4.74 Å². The maximum Gasteiger partial charge on any atom is 0.0895 e. The Labute approximate surface area is 110 Å². The van der Waals surface area contributed by atoms with E-state index in [4.69, 9.17) is 10.5 Å². The summed E-state index contributed by atoms with van der Waals surface area (Å²) >= 11 is 0. The fraction of sp³-hybridized carbons (Fsp3) is 0.600. The van der Waals surface area contributed by atoms with E-state index < -0.39 is 0 Å². The summed E-state index contributed by atoms with van der Waals surface area (Å²) in [5.74, 6) is 0. The lowest BCUT2D eigenvalue weighted by molar-refractivity contribution is -0.0503. The molecule has 2 rings (SSSR count). The minimum Gasteiger partial charge on any atom is -0.374 e. The van der Waals surface area contributed by atoms with E-state index in [2.05, 4.69) is 37.8 Å².